The summed E-state index contributed by atoms with van der Waals surface area (Å²) in [4.78, 5) is 8.40. The molecule has 0 aliphatic carbocycles. The van der Waals surface area contributed by atoms with Crippen molar-refractivity contribution in [3.05, 3.63) is 40.7 Å². The van der Waals surface area contributed by atoms with Crippen LogP contribution in [0, 0.1) is 5.51 Å². The molecule has 2 heterocycles. The highest BCUT2D eigenvalue weighted by atomic mass is 32.1. The minimum Gasteiger partial charge on any atom is -0.368 e. The molecule has 0 atom stereocenters. The number of piperazine rings is 1. The second-order valence-electron chi connectivity index (χ2n) is 4.82. The van der Waals surface area contributed by atoms with Gasteiger partial charge in [-0.15, -0.1) is 11.3 Å². The second-order valence-corrected chi connectivity index (χ2v) is 5.47. The highest BCUT2D eigenvalue weighted by Gasteiger charge is 2.30. The van der Waals surface area contributed by atoms with Gasteiger partial charge in [0.1, 0.15) is 5.82 Å². The fourth-order valence-corrected chi connectivity index (χ4v) is 2.88. The van der Waals surface area contributed by atoms with Crippen LogP contribution in [0.2, 0.25) is 0 Å². The molecule has 0 N–H and O–H groups in total. The van der Waals surface area contributed by atoms with E-state index in [1.54, 1.807) is 0 Å². The van der Waals surface area contributed by atoms with E-state index < -0.39 is 11.7 Å². The number of rotatable bonds is 2. The Balaban J connectivity index is 1.64. The number of anilines is 2. The topological polar surface area (TPSA) is 19.4 Å². The number of benzene rings is 1. The lowest BCUT2D eigenvalue weighted by Crippen LogP contribution is -2.46. The van der Waals surface area contributed by atoms with Crippen LogP contribution in [-0.2, 0) is 6.18 Å². The summed E-state index contributed by atoms with van der Waals surface area (Å²) in [6.07, 6.45) is -4.28. The van der Waals surface area contributed by atoms with E-state index in [0.717, 1.165) is 49.8 Å². The summed E-state index contributed by atoms with van der Waals surface area (Å²) in [5.74, 6) is 0.923. The van der Waals surface area contributed by atoms with Gasteiger partial charge in [0, 0.05) is 37.2 Å². The van der Waals surface area contributed by atoms with Crippen molar-refractivity contribution in [2.24, 2.45) is 0 Å². The Morgan fingerprint density at radius 2 is 1.62 bits per heavy atom. The third-order valence-electron chi connectivity index (χ3n) is 3.54. The first-order chi connectivity index (χ1) is 10.0. The Bertz CT molecular complexity index is 573. The molecule has 21 heavy (non-hydrogen) atoms. The number of thiazole rings is 1. The molecule has 2 aromatic rings. The minimum absolute atomic E-state index is 0.608. The van der Waals surface area contributed by atoms with Crippen LogP contribution >= 0.6 is 11.3 Å². The maximum absolute atomic E-state index is 12.5. The van der Waals surface area contributed by atoms with Gasteiger partial charge in [-0.2, -0.15) is 13.2 Å². The Morgan fingerprint density at radius 3 is 2.14 bits per heavy atom. The molecule has 1 fully saturated rings. The van der Waals surface area contributed by atoms with E-state index >= 15 is 0 Å². The van der Waals surface area contributed by atoms with Crippen LogP contribution in [0.5, 0.6) is 0 Å². The first-order valence-corrected chi connectivity index (χ1v) is 7.41. The van der Waals surface area contributed by atoms with Crippen molar-refractivity contribution in [2.75, 3.05) is 36.0 Å². The van der Waals surface area contributed by atoms with Crippen LogP contribution in [0.25, 0.3) is 0 Å². The van der Waals surface area contributed by atoms with E-state index in [4.69, 9.17) is 0 Å². The zero-order valence-electron chi connectivity index (χ0n) is 11.1. The van der Waals surface area contributed by atoms with E-state index in [9.17, 15) is 13.2 Å². The van der Waals surface area contributed by atoms with Crippen molar-refractivity contribution in [1.29, 1.82) is 0 Å². The van der Waals surface area contributed by atoms with Gasteiger partial charge in [-0.25, -0.2) is 4.98 Å². The molecule has 111 valence electrons. The van der Waals surface area contributed by atoms with Crippen LogP contribution in [-0.4, -0.2) is 31.2 Å². The molecule has 1 saturated heterocycles. The molecule has 1 aromatic carbocycles. The van der Waals surface area contributed by atoms with Gasteiger partial charge >= 0.3 is 6.18 Å². The SMILES string of the molecule is FC(F)(F)c1ccc(N2CCN(c3cs[c]n3)CC2)cc1. The van der Waals surface area contributed by atoms with Gasteiger partial charge in [0.15, 0.2) is 5.51 Å². The van der Waals surface area contributed by atoms with Crippen molar-refractivity contribution in [1.82, 2.24) is 4.98 Å². The fourth-order valence-electron chi connectivity index (χ4n) is 2.38. The summed E-state index contributed by atoms with van der Waals surface area (Å²) >= 11 is 1.44. The predicted octanol–water partition coefficient (Wildman–Crippen LogP) is 3.29. The number of nitrogens with zero attached hydrogens (tertiary/aromatic N) is 3. The molecule has 0 bridgehead atoms. The molecule has 0 amide bonds. The van der Waals surface area contributed by atoms with Crippen LogP contribution in [0.15, 0.2) is 29.6 Å². The lowest BCUT2D eigenvalue weighted by molar-refractivity contribution is -0.137. The van der Waals surface area contributed by atoms with Gasteiger partial charge in [0.2, 0.25) is 0 Å². The standard InChI is InChI=1S/C14H13F3N3S/c15-14(16,17)11-1-3-12(4-2-11)19-5-7-20(8-6-19)13-9-21-10-18-13/h1-4,9H,5-8H2. The Kier molecular flexibility index (Phi) is 3.75. The first kappa shape index (κ1) is 14.2. The van der Waals surface area contributed by atoms with Crippen molar-refractivity contribution in [2.45, 2.75) is 6.18 Å². The molecule has 0 unspecified atom stereocenters. The fraction of sp³-hybridized carbons (Fsp3) is 0.357. The predicted molar refractivity (Wildman–Crippen MR) is 76.8 cm³/mol. The molecule has 1 aromatic heterocycles. The summed E-state index contributed by atoms with van der Waals surface area (Å²) < 4.78 is 37.6. The summed E-state index contributed by atoms with van der Waals surface area (Å²) in [7, 11) is 0. The zero-order chi connectivity index (χ0) is 14.9. The van der Waals surface area contributed by atoms with Gasteiger partial charge in [0.25, 0.3) is 0 Å². The maximum Gasteiger partial charge on any atom is 0.416 e. The molecular weight excluding hydrogens is 299 g/mol. The zero-order valence-corrected chi connectivity index (χ0v) is 11.9. The number of hydrogen-bond acceptors (Lipinski definition) is 4. The Morgan fingerprint density at radius 1 is 1.00 bits per heavy atom. The Hall–Kier alpha value is -1.76. The third-order valence-corrected chi connectivity index (χ3v) is 4.07. The van der Waals surface area contributed by atoms with Gasteiger partial charge in [-0.1, -0.05) is 0 Å². The average molecular weight is 312 g/mol. The molecule has 1 aliphatic rings. The van der Waals surface area contributed by atoms with E-state index in [0.29, 0.717) is 0 Å². The number of halogens is 3. The molecule has 0 spiro atoms. The highest BCUT2D eigenvalue weighted by Crippen LogP contribution is 2.30. The summed E-state index contributed by atoms with van der Waals surface area (Å²) in [5.41, 5.74) is 3.04. The molecule has 3 nitrogen and oxygen atoms in total. The summed E-state index contributed by atoms with van der Waals surface area (Å²) in [5, 5.41) is 1.95. The van der Waals surface area contributed by atoms with Gasteiger partial charge < -0.3 is 9.80 Å². The lowest BCUT2D eigenvalue weighted by atomic mass is 10.1. The molecule has 0 saturated carbocycles. The normalized spacial score (nSPS) is 16.3. The van der Waals surface area contributed by atoms with E-state index in [2.05, 4.69) is 20.3 Å². The largest absolute Gasteiger partial charge is 0.416 e. The van der Waals surface area contributed by atoms with E-state index in [1.165, 1.54) is 23.5 Å². The maximum atomic E-state index is 12.5. The highest BCUT2D eigenvalue weighted by molar-refractivity contribution is 7.07. The van der Waals surface area contributed by atoms with Crippen LogP contribution in [0.3, 0.4) is 0 Å². The second kappa shape index (κ2) is 5.55. The summed E-state index contributed by atoms with van der Waals surface area (Å²) in [6.45, 7) is 3.14. The minimum atomic E-state index is -4.28. The van der Waals surface area contributed by atoms with Crippen molar-refractivity contribution < 1.29 is 13.2 Å². The van der Waals surface area contributed by atoms with Crippen LogP contribution in [0.1, 0.15) is 5.56 Å². The van der Waals surface area contributed by atoms with Gasteiger partial charge in [-0.3, -0.25) is 0 Å². The Labute approximate surface area is 124 Å². The smallest absolute Gasteiger partial charge is 0.368 e. The average Bonchev–Trinajstić information content (AvgIpc) is 3.01. The van der Waals surface area contributed by atoms with E-state index in [-0.39, 0.29) is 0 Å². The first-order valence-electron chi connectivity index (χ1n) is 6.53. The number of hydrogen-bond donors (Lipinski definition) is 0. The molecule has 1 radical (unpaired) electrons. The van der Waals surface area contributed by atoms with Crippen LogP contribution < -0.4 is 9.80 Å². The quantitative estimate of drug-likeness (QED) is 0.848. The third kappa shape index (κ3) is 3.12. The molecule has 3 rings (SSSR count). The number of aromatic nitrogens is 1. The molecule has 1 aliphatic heterocycles. The van der Waals surface area contributed by atoms with Gasteiger partial charge in [0.05, 0.1) is 5.56 Å². The van der Waals surface area contributed by atoms with Crippen molar-refractivity contribution in [3.63, 3.8) is 0 Å². The summed E-state index contributed by atoms with van der Waals surface area (Å²) in [6, 6.07) is 5.35. The lowest BCUT2D eigenvalue weighted by Gasteiger charge is -2.36. The molecule has 7 heteroatoms. The van der Waals surface area contributed by atoms with E-state index in [1.807, 2.05) is 5.38 Å². The monoisotopic (exact) mass is 312 g/mol. The number of alkyl halides is 3. The van der Waals surface area contributed by atoms with Crippen molar-refractivity contribution >= 4 is 22.8 Å². The van der Waals surface area contributed by atoms with Crippen molar-refractivity contribution in [3.8, 4) is 0 Å². The van der Waals surface area contributed by atoms with Crippen LogP contribution in [0.4, 0.5) is 24.7 Å². The van der Waals surface area contributed by atoms with Gasteiger partial charge in [-0.05, 0) is 24.3 Å². The molecular formula is C14H13F3N3S.